The molecule has 1 fully saturated rings. The molecular formula is C14H16ClNO2S. The SMILES string of the molecule is CC1=C(N2CCCCC2)c2ccc(Cl)cc2S1(=O)=O. The molecular weight excluding hydrogens is 282 g/mol. The molecule has 2 heterocycles. The van der Waals surface area contributed by atoms with Crippen LogP contribution in [0.5, 0.6) is 0 Å². The van der Waals surface area contributed by atoms with Crippen molar-refractivity contribution >= 4 is 27.1 Å². The second kappa shape index (κ2) is 4.53. The molecule has 2 aliphatic rings. The van der Waals surface area contributed by atoms with Crippen LogP contribution < -0.4 is 0 Å². The van der Waals surface area contributed by atoms with Crippen molar-refractivity contribution in [3.05, 3.63) is 33.7 Å². The van der Waals surface area contributed by atoms with Crippen molar-refractivity contribution in [2.24, 2.45) is 0 Å². The minimum atomic E-state index is -3.35. The second-order valence-electron chi connectivity index (χ2n) is 5.10. The monoisotopic (exact) mass is 297 g/mol. The molecule has 3 rings (SSSR count). The van der Waals surface area contributed by atoms with Gasteiger partial charge in [-0.3, -0.25) is 0 Å². The van der Waals surface area contributed by atoms with Crippen LogP contribution in [-0.2, 0) is 9.84 Å². The maximum atomic E-state index is 12.4. The highest BCUT2D eigenvalue weighted by Gasteiger charge is 2.35. The molecule has 5 heteroatoms. The maximum absolute atomic E-state index is 12.4. The molecule has 0 aromatic heterocycles. The summed E-state index contributed by atoms with van der Waals surface area (Å²) >= 11 is 5.94. The Labute approximate surface area is 118 Å². The Balaban J connectivity index is 2.17. The highest BCUT2D eigenvalue weighted by atomic mass is 35.5. The summed E-state index contributed by atoms with van der Waals surface area (Å²) in [5.41, 5.74) is 1.69. The van der Waals surface area contributed by atoms with Crippen molar-refractivity contribution in [2.45, 2.75) is 31.1 Å². The summed E-state index contributed by atoms with van der Waals surface area (Å²) in [6.07, 6.45) is 3.47. The van der Waals surface area contributed by atoms with Gasteiger partial charge in [0.15, 0.2) is 0 Å². The molecule has 0 atom stereocenters. The number of hydrogen-bond donors (Lipinski definition) is 0. The first-order chi connectivity index (χ1) is 9.01. The van der Waals surface area contributed by atoms with Crippen LogP contribution >= 0.6 is 11.6 Å². The number of halogens is 1. The molecule has 19 heavy (non-hydrogen) atoms. The number of likely N-dealkylation sites (tertiary alicyclic amines) is 1. The lowest BCUT2D eigenvalue weighted by Gasteiger charge is -2.30. The van der Waals surface area contributed by atoms with Gasteiger partial charge >= 0.3 is 0 Å². The number of hydrogen-bond acceptors (Lipinski definition) is 3. The van der Waals surface area contributed by atoms with Crippen LogP contribution in [0.3, 0.4) is 0 Å². The molecule has 1 aromatic rings. The van der Waals surface area contributed by atoms with Crippen molar-refractivity contribution in [1.29, 1.82) is 0 Å². The molecule has 1 aromatic carbocycles. The van der Waals surface area contributed by atoms with Gasteiger partial charge in [-0.1, -0.05) is 17.7 Å². The molecule has 0 amide bonds. The molecule has 0 spiro atoms. The summed E-state index contributed by atoms with van der Waals surface area (Å²) in [7, 11) is -3.35. The Kier molecular flexibility index (Phi) is 3.10. The number of fused-ring (bicyclic) bond motifs is 1. The van der Waals surface area contributed by atoms with E-state index in [2.05, 4.69) is 4.90 Å². The maximum Gasteiger partial charge on any atom is 0.205 e. The van der Waals surface area contributed by atoms with Crippen molar-refractivity contribution in [3.8, 4) is 0 Å². The minimum Gasteiger partial charge on any atom is -0.370 e. The van der Waals surface area contributed by atoms with Crippen molar-refractivity contribution in [3.63, 3.8) is 0 Å². The normalized spacial score (nSPS) is 21.7. The van der Waals surface area contributed by atoms with Crippen LogP contribution in [0.25, 0.3) is 5.70 Å². The predicted molar refractivity (Wildman–Crippen MR) is 76.7 cm³/mol. The number of nitrogens with zero attached hydrogens (tertiary/aromatic N) is 1. The molecule has 0 unspecified atom stereocenters. The average Bonchev–Trinajstić information content (AvgIpc) is 2.59. The highest BCUT2D eigenvalue weighted by molar-refractivity contribution is 7.95. The first kappa shape index (κ1) is 13.0. The molecule has 0 bridgehead atoms. The van der Waals surface area contributed by atoms with Gasteiger partial charge in [0.2, 0.25) is 9.84 Å². The fraction of sp³-hybridized carbons (Fsp3) is 0.429. The molecule has 0 saturated carbocycles. The average molecular weight is 298 g/mol. The molecule has 2 aliphatic heterocycles. The zero-order chi connectivity index (χ0) is 13.6. The lowest BCUT2D eigenvalue weighted by molar-refractivity contribution is 0.325. The zero-order valence-corrected chi connectivity index (χ0v) is 12.4. The summed E-state index contributed by atoms with van der Waals surface area (Å²) in [6, 6.07) is 5.15. The van der Waals surface area contributed by atoms with Gasteiger partial charge in [-0.05, 0) is 38.3 Å². The topological polar surface area (TPSA) is 37.4 Å². The zero-order valence-electron chi connectivity index (χ0n) is 10.8. The second-order valence-corrected chi connectivity index (χ2v) is 7.59. The van der Waals surface area contributed by atoms with Crippen LogP contribution in [0.2, 0.25) is 5.02 Å². The lowest BCUT2D eigenvalue weighted by atomic mass is 10.1. The van der Waals surface area contributed by atoms with Crippen LogP contribution in [0.1, 0.15) is 31.7 Å². The van der Waals surface area contributed by atoms with E-state index in [-0.39, 0.29) is 0 Å². The van der Waals surface area contributed by atoms with Gasteiger partial charge in [-0.25, -0.2) is 8.42 Å². The third kappa shape index (κ3) is 1.98. The van der Waals surface area contributed by atoms with E-state index in [0.717, 1.165) is 37.2 Å². The van der Waals surface area contributed by atoms with E-state index in [0.29, 0.717) is 14.8 Å². The summed E-state index contributed by atoms with van der Waals surface area (Å²) in [5, 5.41) is 0.468. The Morgan fingerprint density at radius 1 is 1.16 bits per heavy atom. The van der Waals surface area contributed by atoms with Gasteiger partial charge in [0, 0.05) is 23.7 Å². The summed E-state index contributed by atoms with van der Waals surface area (Å²) in [4.78, 5) is 3.03. The third-order valence-corrected chi connectivity index (χ3v) is 6.05. The van der Waals surface area contributed by atoms with Crippen LogP contribution in [0.15, 0.2) is 28.0 Å². The standard InChI is InChI=1S/C14H16ClNO2S/c1-10-14(16-7-3-2-4-8-16)12-6-5-11(15)9-13(12)19(10,17)18/h5-6,9H,2-4,7-8H2,1H3. The van der Waals surface area contributed by atoms with Gasteiger partial charge in [-0.15, -0.1) is 0 Å². The van der Waals surface area contributed by atoms with Crippen molar-refractivity contribution in [2.75, 3.05) is 13.1 Å². The quantitative estimate of drug-likeness (QED) is 0.798. The molecule has 3 nitrogen and oxygen atoms in total. The van der Waals surface area contributed by atoms with Crippen LogP contribution in [0, 0.1) is 0 Å². The largest absolute Gasteiger partial charge is 0.370 e. The van der Waals surface area contributed by atoms with E-state index in [1.165, 1.54) is 6.42 Å². The lowest BCUT2D eigenvalue weighted by Crippen LogP contribution is -2.28. The van der Waals surface area contributed by atoms with E-state index < -0.39 is 9.84 Å². The van der Waals surface area contributed by atoms with Gasteiger partial charge in [0.05, 0.1) is 15.5 Å². The van der Waals surface area contributed by atoms with Gasteiger partial charge in [-0.2, -0.15) is 0 Å². The number of allylic oxidation sites excluding steroid dienone is 1. The molecule has 0 radical (unpaired) electrons. The van der Waals surface area contributed by atoms with E-state index >= 15 is 0 Å². The van der Waals surface area contributed by atoms with Gasteiger partial charge < -0.3 is 4.90 Å². The first-order valence-electron chi connectivity index (χ1n) is 6.52. The van der Waals surface area contributed by atoms with E-state index in [1.807, 2.05) is 6.07 Å². The number of benzene rings is 1. The minimum absolute atomic E-state index is 0.359. The number of sulfone groups is 1. The van der Waals surface area contributed by atoms with Crippen molar-refractivity contribution in [1.82, 2.24) is 4.90 Å². The van der Waals surface area contributed by atoms with Crippen LogP contribution in [0.4, 0.5) is 0 Å². The van der Waals surface area contributed by atoms with E-state index in [9.17, 15) is 8.42 Å². The summed E-state index contributed by atoms with van der Waals surface area (Å²) < 4.78 is 24.9. The van der Waals surface area contributed by atoms with Gasteiger partial charge in [0.1, 0.15) is 0 Å². The Bertz CT molecular complexity index is 658. The summed E-state index contributed by atoms with van der Waals surface area (Å²) in [6.45, 7) is 3.57. The molecule has 0 N–H and O–H groups in total. The van der Waals surface area contributed by atoms with Gasteiger partial charge in [0.25, 0.3) is 0 Å². The molecule has 0 aliphatic carbocycles. The predicted octanol–water partition coefficient (Wildman–Crippen LogP) is 3.30. The fourth-order valence-corrected chi connectivity index (χ4v) is 4.70. The number of rotatable bonds is 1. The highest BCUT2D eigenvalue weighted by Crippen LogP contribution is 2.42. The molecule has 1 saturated heterocycles. The van der Waals surface area contributed by atoms with E-state index in [4.69, 9.17) is 11.6 Å². The fourth-order valence-electron chi connectivity index (χ4n) is 2.91. The van der Waals surface area contributed by atoms with Crippen molar-refractivity contribution < 1.29 is 8.42 Å². The van der Waals surface area contributed by atoms with E-state index in [1.54, 1.807) is 19.1 Å². The third-order valence-electron chi connectivity index (χ3n) is 3.90. The summed E-state index contributed by atoms with van der Waals surface area (Å²) in [5.74, 6) is 0. The number of piperidine rings is 1. The smallest absolute Gasteiger partial charge is 0.205 e. The first-order valence-corrected chi connectivity index (χ1v) is 8.39. The Morgan fingerprint density at radius 2 is 1.84 bits per heavy atom. The Morgan fingerprint density at radius 3 is 2.53 bits per heavy atom. The molecule has 102 valence electrons. The van der Waals surface area contributed by atoms with Crippen LogP contribution in [-0.4, -0.2) is 26.4 Å². The Hall–Kier alpha value is -1.00.